The molecule has 2 heterocycles. The van der Waals surface area contributed by atoms with Gasteiger partial charge >= 0.3 is 6.03 Å². The Balaban J connectivity index is 1.32. The number of furan rings is 1. The monoisotopic (exact) mass is 470 g/mol. The van der Waals surface area contributed by atoms with Gasteiger partial charge in [-0.15, -0.1) is 11.3 Å². The van der Waals surface area contributed by atoms with Gasteiger partial charge in [0.15, 0.2) is 4.34 Å². The highest BCUT2D eigenvalue weighted by Crippen LogP contribution is 2.31. The Bertz CT molecular complexity index is 1260. The molecule has 3 amide bonds. The number of nitrogens with zero attached hydrogens (tertiary/aromatic N) is 1. The largest absolute Gasteiger partial charge is 0.467 e. The first kappa shape index (κ1) is 21.8. The standard InChI is InChI=1S/C22H19FN4O3S2/c1-13-4-5-14(9-17(13)23)25-21(29)26-15-6-7-18-19(10-15)32-22(27-18)31-12-20(28)24-11-16-3-2-8-30-16/h2-10H,11-12H2,1H3,(H,24,28)(H2,25,26,29). The van der Waals surface area contributed by atoms with Gasteiger partial charge in [-0.25, -0.2) is 14.2 Å². The van der Waals surface area contributed by atoms with Crippen molar-refractivity contribution in [3.8, 4) is 0 Å². The van der Waals surface area contributed by atoms with Crippen molar-refractivity contribution in [1.82, 2.24) is 10.3 Å². The average molecular weight is 471 g/mol. The molecule has 164 valence electrons. The molecule has 4 aromatic rings. The molecule has 32 heavy (non-hydrogen) atoms. The van der Waals surface area contributed by atoms with Gasteiger partial charge in [-0.3, -0.25) is 4.79 Å². The number of carbonyl (C=O) groups excluding carboxylic acids is 2. The van der Waals surface area contributed by atoms with Gasteiger partial charge in [-0.05, 0) is 55.0 Å². The van der Waals surface area contributed by atoms with Crippen molar-refractivity contribution in [1.29, 1.82) is 0 Å². The molecule has 2 aromatic heterocycles. The van der Waals surface area contributed by atoms with Crippen molar-refractivity contribution in [3.05, 3.63) is 71.9 Å². The van der Waals surface area contributed by atoms with Crippen LogP contribution < -0.4 is 16.0 Å². The van der Waals surface area contributed by atoms with Gasteiger partial charge in [-0.1, -0.05) is 17.8 Å². The third-order valence-electron chi connectivity index (χ3n) is 4.42. The highest BCUT2D eigenvalue weighted by atomic mass is 32.2. The molecule has 0 bridgehead atoms. The Morgan fingerprint density at radius 2 is 1.91 bits per heavy atom. The summed E-state index contributed by atoms with van der Waals surface area (Å²) in [5, 5.41) is 8.13. The molecular formula is C22H19FN4O3S2. The zero-order valence-electron chi connectivity index (χ0n) is 17.0. The van der Waals surface area contributed by atoms with Crippen molar-refractivity contribution in [2.24, 2.45) is 0 Å². The number of hydrogen-bond donors (Lipinski definition) is 3. The van der Waals surface area contributed by atoms with E-state index < -0.39 is 6.03 Å². The summed E-state index contributed by atoms with van der Waals surface area (Å²) in [5.74, 6) is 0.437. The fraction of sp³-hybridized carbons (Fsp3) is 0.136. The van der Waals surface area contributed by atoms with E-state index in [2.05, 4.69) is 20.9 Å². The van der Waals surface area contributed by atoms with Crippen LogP contribution in [-0.2, 0) is 11.3 Å². The summed E-state index contributed by atoms with van der Waals surface area (Å²) in [5.41, 5.74) is 2.24. The van der Waals surface area contributed by atoms with Gasteiger partial charge in [0.25, 0.3) is 0 Å². The minimum absolute atomic E-state index is 0.114. The highest BCUT2D eigenvalue weighted by molar-refractivity contribution is 8.01. The van der Waals surface area contributed by atoms with Crippen LogP contribution in [0.4, 0.5) is 20.6 Å². The molecule has 7 nitrogen and oxygen atoms in total. The van der Waals surface area contributed by atoms with Crippen LogP contribution in [0.1, 0.15) is 11.3 Å². The fourth-order valence-corrected chi connectivity index (χ4v) is 4.72. The Morgan fingerprint density at radius 1 is 1.12 bits per heavy atom. The number of carbonyl (C=O) groups is 2. The summed E-state index contributed by atoms with van der Waals surface area (Å²) in [4.78, 5) is 28.8. The number of fused-ring (bicyclic) bond motifs is 1. The first-order valence-corrected chi connectivity index (χ1v) is 11.4. The van der Waals surface area contributed by atoms with Gasteiger partial charge in [0.05, 0.1) is 28.8 Å². The third kappa shape index (κ3) is 5.65. The number of nitrogens with one attached hydrogen (secondary N) is 3. The van der Waals surface area contributed by atoms with E-state index in [9.17, 15) is 14.0 Å². The molecule has 0 fully saturated rings. The number of benzene rings is 2. The van der Waals surface area contributed by atoms with Gasteiger partial charge in [0.1, 0.15) is 11.6 Å². The number of urea groups is 1. The molecule has 0 atom stereocenters. The smallest absolute Gasteiger partial charge is 0.323 e. The van der Waals surface area contributed by atoms with E-state index in [1.165, 1.54) is 29.2 Å². The maximum absolute atomic E-state index is 13.6. The van der Waals surface area contributed by atoms with E-state index in [0.29, 0.717) is 29.2 Å². The van der Waals surface area contributed by atoms with Crippen LogP contribution in [0.2, 0.25) is 0 Å². The molecule has 0 aliphatic heterocycles. The lowest BCUT2D eigenvalue weighted by Crippen LogP contribution is -2.24. The molecular weight excluding hydrogens is 451 g/mol. The lowest BCUT2D eigenvalue weighted by molar-refractivity contribution is -0.118. The third-order valence-corrected chi connectivity index (χ3v) is 6.58. The number of aromatic nitrogens is 1. The molecule has 0 saturated heterocycles. The Labute approximate surface area is 191 Å². The van der Waals surface area contributed by atoms with E-state index >= 15 is 0 Å². The summed E-state index contributed by atoms with van der Waals surface area (Å²) < 4.78 is 20.5. The summed E-state index contributed by atoms with van der Waals surface area (Å²) in [6.45, 7) is 2.00. The van der Waals surface area contributed by atoms with Gasteiger partial charge < -0.3 is 20.4 Å². The van der Waals surface area contributed by atoms with E-state index in [1.54, 1.807) is 49.6 Å². The Kier molecular flexibility index (Phi) is 6.72. The SMILES string of the molecule is Cc1ccc(NC(=O)Nc2ccc3nc(SCC(=O)NCc4ccco4)sc3c2)cc1F. The Hall–Kier alpha value is -3.37. The highest BCUT2D eigenvalue weighted by Gasteiger charge is 2.10. The second kappa shape index (κ2) is 9.84. The summed E-state index contributed by atoms with van der Waals surface area (Å²) in [6, 6.07) is 13.0. The molecule has 4 rings (SSSR count). The zero-order chi connectivity index (χ0) is 22.5. The minimum atomic E-state index is -0.472. The number of thiazole rings is 1. The predicted octanol–water partition coefficient (Wildman–Crippen LogP) is 5.39. The quantitative estimate of drug-likeness (QED) is 0.315. The van der Waals surface area contributed by atoms with E-state index in [4.69, 9.17) is 4.42 Å². The second-order valence-corrected chi connectivity index (χ2v) is 9.10. The van der Waals surface area contributed by atoms with Crippen molar-refractivity contribution >= 4 is 56.6 Å². The first-order valence-electron chi connectivity index (χ1n) is 9.63. The number of rotatable bonds is 7. The summed E-state index contributed by atoms with van der Waals surface area (Å²) in [7, 11) is 0. The average Bonchev–Trinajstić information content (AvgIpc) is 3.42. The molecule has 0 unspecified atom stereocenters. The first-order chi connectivity index (χ1) is 15.5. The molecule has 0 spiro atoms. The number of thioether (sulfide) groups is 1. The summed E-state index contributed by atoms with van der Waals surface area (Å²) >= 11 is 2.78. The van der Waals surface area contributed by atoms with E-state index in [1.807, 2.05) is 6.07 Å². The lowest BCUT2D eigenvalue weighted by Gasteiger charge is -2.08. The van der Waals surface area contributed by atoms with Crippen LogP contribution in [-0.4, -0.2) is 22.7 Å². The van der Waals surface area contributed by atoms with Crippen molar-refractivity contribution < 1.29 is 18.4 Å². The normalized spacial score (nSPS) is 10.8. The van der Waals surface area contributed by atoms with Gasteiger partial charge in [0, 0.05) is 11.4 Å². The Morgan fingerprint density at radius 3 is 2.66 bits per heavy atom. The molecule has 0 aliphatic carbocycles. The zero-order valence-corrected chi connectivity index (χ0v) is 18.6. The number of aryl methyl sites for hydroxylation is 1. The second-order valence-electron chi connectivity index (χ2n) is 6.85. The van der Waals surface area contributed by atoms with Crippen LogP contribution in [0.15, 0.2) is 63.6 Å². The molecule has 10 heteroatoms. The predicted molar refractivity (Wildman–Crippen MR) is 125 cm³/mol. The van der Waals surface area contributed by atoms with E-state index in [0.717, 1.165) is 14.6 Å². The maximum Gasteiger partial charge on any atom is 0.323 e. The number of halogens is 1. The molecule has 0 saturated carbocycles. The lowest BCUT2D eigenvalue weighted by atomic mass is 10.2. The molecule has 3 N–H and O–H groups in total. The van der Waals surface area contributed by atoms with Gasteiger partial charge in [-0.2, -0.15) is 0 Å². The summed E-state index contributed by atoms with van der Waals surface area (Å²) in [6.07, 6.45) is 1.56. The van der Waals surface area contributed by atoms with Crippen LogP contribution in [0.3, 0.4) is 0 Å². The van der Waals surface area contributed by atoms with Crippen LogP contribution in [0.25, 0.3) is 10.2 Å². The van der Waals surface area contributed by atoms with Crippen LogP contribution >= 0.6 is 23.1 Å². The van der Waals surface area contributed by atoms with Crippen LogP contribution in [0.5, 0.6) is 0 Å². The van der Waals surface area contributed by atoms with E-state index in [-0.39, 0.29) is 17.5 Å². The van der Waals surface area contributed by atoms with Crippen molar-refractivity contribution in [2.75, 3.05) is 16.4 Å². The maximum atomic E-state index is 13.6. The van der Waals surface area contributed by atoms with Crippen molar-refractivity contribution in [2.45, 2.75) is 17.8 Å². The molecule has 2 aromatic carbocycles. The number of anilines is 2. The topological polar surface area (TPSA) is 96.3 Å². The molecule has 0 radical (unpaired) electrons. The van der Waals surface area contributed by atoms with Crippen LogP contribution in [0, 0.1) is 12.7 Å². The molecule has 0 aliphatic rings. The van der Waals surface area contributed by atoms with Crippen molar-refractivity contribution in [3.63, 3.8) is 0 Å². The van der Waals surface area contributed by atoms with Gasteiger partial charge in [0.2, 0.25) is 5.91 Å². The number of amides is 3. The fourth-order valence-electron chi connectivity index (χ4n) is 2.78. The minimum Gasteiger partial charge on any atom is -0.467 e. The number of hydrogen-bond acceptors (Lipinski definition) is 6.